The number of nitrogens with one attached hydrogen (secondary N) is 6. The number of aliphatic carboxylic acids is 1. The number of hydrogen-bond acceptors (Lipinski definition) is 9. The largest absolute Gasteiger partial charge is 0.481 e. The van der Waals surface area contributed by atoms with Crippen molar-refractivity contribution in [1.82, 2.24) is 26.6 Å². The van der Waals surface area contributed by atoms with Crippen molar-refractivity contribution >= 4 is 52.8 Å². The molecule has 1 aromatic rings. The highest BCUT2D eigenvalue weighted by atomic mass is 16.6. The average molecular weight is 594 g/mol. The third kappa shape index (κ3) is 12.0. The quantitative estimate of drug-likeness (QED) is 0.0956. The van der Waals surface area contributed by atoms with Gasteiger partial charge in [0.05, 0.1) is 11.3 Å². The Morgan fingerprint density at radius 3 is 1.36 bits per heavy atom. The van der Waals surface area contributed by atoms with Crippen LogP contribution in [0.3, 0.4) is 0 Å². The van der Waals surface area contributed by atoms with E-state index in [2.05, 4.69) is 31.9 Å². The van der Waals surface area contributed by atoms with E-state index in [9.17, 15) is 43.7 Å². The number of carboxylic acids is 1. The molecular weight excluding hydrogens is 558 g/mol. The van der Waals surface area contributed by atoms with Gasteiger partial charge in [-0.3, -0.25) is 43.7 Å². The second-order valence-corrected chi connectivity index (χ2v) is 9.40. The third-order valence-electron chi connectivity index (χ3n) is 5.69. The van der Waals surface area contributed by atoms with Gasteiger partial charge >= 0.3 is 5.97 Å². The van der Waals surface area contributed by atoms with Crippen LogP contribution in [0.15, 0.2) is 24.3 Å². The van der Waals surface area contributed by atoms with Gasteiger partial charge in [-0.05, 0) is 46.8 Å². The lowest BCUT2D eigenvalue weighted by atomic mass is 10.2. The average Bonchev–Trinajstić information content (AvgIpc) is 2.91. The maximum Gasteiger partial charge on any atom is 0.303 e. The van der Waals surface area contributed by atoms with Crippen molar-refractivity contribution in [2.75, 3.05) is 5.32 Å². The molecule has 0 saturated carbocycles. The molecule has 0 heterocycles. The van der Waals surface area contributed by atoms with Crippen LogP contribution < -0.4 is 31.9 Å². The summed E-state index contributed by atoms with van der Waals surface area (Å²) in [5, 5.41) is 33.7. The number of nitro benzene ring substituents is 1. The second kappa shape index (κ2) is 16.2. The second-order valence-electron chi connectivity index (χ2n) is 9.40. The first kappa shape index (κ1) is 34.9. The summed E-state index contributed by atoms with van der Waals surface area (Å²) in [6, 6.07) is -0.341. The lowest BCUT2D eigenvalue weighted by molar-refractivity contribution is -0.384. The Hall–Kier alpha value is -5.09. The van der Waals surface area contributed by atoms with Crippen molar-refractivity contribution in [3.8, 4) is 0 Å². The minimum Gasteiger partial charge on any atom is -0.481 e. The lowest BCUT2D eigenvalue weighted by Gasteiger charge is -2.22. The van der Waals surface area contributed by atoms with Crippen LogP contribution in [-0.4, -0.2) is 81.7 Å². The molecule has 6 amide bonds. The van der Waals surface area contributed by atoms with E-state index < -0.39 is 83.0 Å². The molecule has 0 fully saturated rings. The number of benzene rings is 1. The van der Waals surface area contributed by atoms with Crippen molar-refractivity contribution in [1.29, 1.82) is 0 Å². The Balaban J connectivity index is 2.52. The first-order valence-electron chi connectivity index (χ1n) is 12.8. The molecule has 230 valence electrons. The molecule has 5 unspecified atom stereocenters. The zero-order valence-corrected chi connectivity index (χ0v) is 23.7. The molecule has 0 aromatic heterocycles. The normalized spacial score (nSPS) is 14.0. The summed E-state index contributed by atoms with van der Waals surface area (Å²) < 4.78 is 0. The van der Waals surface area contributed by atoms with Gasteiger partial charge in [0.2, 0.25) is 35.4 Å². The standard InChI is InChI=1S/C25H35N7O10/c1-12(26-19(33)10-11-20(34)35)21(36)27-13(2)22(37)28-14(3)23(38)29-15(4)24(39)30-16(5)25(40)31-17-6-8-18(9-7-17)32(41)42/h6-9,12-16H,10-11H2,1-5H3,(H,26,33)(H,27,36)(H,28,37)(H,29,38)(H,30,39)(H,31,40)(H,34,35). The number of nitro groups is 1. The maximum atomic E-state index is 12.5. The molecule has 17 heteroatoms. The van der Waals surface area contributed by atoms with Crippen molar-refractivity contribution in [3.63, 3.8) is 0 Å². The molecular formula is C25H35N7O10. The maximum absolute atomic E-state index is 12.5. The SMILES string of the molecule is CC(NC(=O)CCC(=O)O)C(=O)NC(C)C(=O)NC(C)C(=O)NC(C)C(=O)NC(C)C(=O)Nc1ccc([N+](=O)[O-])cc1. The molecule has 1 rings (SSSR count). The fourth-order valence-electron chi connectivity index (χ4n) is 3.13. The van der Waals surface area contributed by atoms with Gasteiger partial charge < -0.3 is 37.0 Å². The number of hydrogen-bond donors (Lipinski definition) is 7. The summed E-state index contributed by atoms with van der Waals surface area (Å²) in [6.07, 6.45) is -0.724. The smallest absolute Gasteiger partial charge is 0.303 e. The van der Waals surface area contributed by atoms with Crippen LogP contribution >= 0.6 is 0 Å². The van der Waals surface area contributed by atoms with E-state index in [1.54, 1.807) is 0 Å². The van der Waals surface area contributed by atoms with Crippen LogP contribution in [0.4, 0.5) is 11.4 Å². The number of carbonyl (C=O) groups excluding carboxylic acids is 6. The van der Waals surface area contributed by atoms with Crippen LogP contribution in [0, 0.1) is 10.1 Å². The van der Waals surface area contributed by atoms with E-state index in [0.29, 0.717) is 0 Å². The molecule has 7 N–H and O–H groups in total. The van der Waals surface area contributed by atoms with Gasteiger partial charge in [-0.2, -0.15) is 0 Å². The Morgan fingerprint density at radius 1 is 0.643 bits per heavy atom. The number of nitrogens with zero attached hydrogens (tertiary/aromatic N) is 1. The topological polar surface area (TPSA) is 255 Å². The number of carboxylic acid groups (broad SMARTS) is 1. The van der Waals surface area contributed by atoms with Crippen molar-refractivity contribution in [3.05, 3.63) is 34.4 Å². The van der Waals surface area contributed by atoms with Crippen LogP contribution in [0.2, 0.25) is 0 Å². The molecule has 0 radical (unpaired) electrons. The van der Waals surface area contributed by atoms with Crippen LogP contribution in [0.25, 0.3) is 0 Å². The van der Waals surface area contributed by atoms with Gasteiger partial charge in [-0.25, -0.2) is 0 Å². The molecule has 1 aromatic carbocycles. The molecule has 0 aliphatic rings. The predicted octanol–water partition coefficient (Wildman–Crippen LogP) is -1.08. The highest BCUT2D eigenvalue weighted by Crippen LogP contribution is 2.15. The van der Waals surface area contributed by atoms with Gasteiger partial charge in [0, 0.05) is 24.2 Å². The van der Waals surface area contributed by atoms with Crippen LogP contribution in [0.5, 0.6) is 0 Å². The molecule has 17 nitrogen and oxygen atoms in total. The molecule has 0 spiro atoms. The zero-order valence-electron chi connectivity index (χ0n) is 23.7. The van der Waals surface area contributed by atoms with Gasteiger partial charge in [0.25, 0.3) is 5.69 Å². The van der Waals surface area contributed by atoms with Crippen molar-refractivity contribution < 1.29 is 43.6 Å². The summed E-state index contributed by atoms with van der Waals surface area (Å²) in [5.41, 5.74) is 0.118. The summed E-state index contributed by atoms with van der Waals surface area (Å²) in [5.74, 6) is -5.31. The van der Waals surface area contributed by atoms with E-state index in [1.165, 1.54) is 58.9 Å². The Labute approximate surface area is 240 Å². The van der Waals surface area contributed by atoms with E-state index in [-0.39, 0.29) is 17.8 Å². The molecule has 0 bridgehead atoms. The molecule has 0 aliphatic heterocycles. The van der Waals surface area contributed by atoms with Crippen molar-refractivity contribution in [2.24, 2.45) is 0 Å². The van der Waals surface area contributed by atoms with Crippen molar-refractivity contribution in [2.45, 2.75) is 77.7 Å². The molecule has 5 atom stereocenters. The number of rotatable bonds is 15. The summed E-state index contributed by atoms with van der Waals surface area (Å²) in [7, 11) is 0. The van der Waals surface area contributed by atoms with E-state index in [4.69, 9.17) is 5.11 Å². The third-order valence-corrected chi connectivity index (χ3v) is 5.69. The van der Waals surface area contributed by atoms with Gasteiger partial charge in [0.15, 0.2) is 0 Å². The Bertz CT molecular complexity index is 1200. The van der Waals surface area contributed by atoms with Gasteiger partial charge in [-0.15, -0.1) is 0 Å². The minimum atomic E-state index is -1.17. The monoisotopic (exact) mass is 593 g/mol. The summed E-state index contributed by atoms with van der Waals surface area (Å²) >= 11 is 0. The first-order valence-corrected chi connectivity index (χ1v) is 12.8. The Kier molecular flexibility index (Phi) is 13.5. The lowest BCUT2D eigenvalue weighted by Crippen LogP contribution is -2.56. The van der Waals surface area contributed by atoms with Gasteiger partial charge in [0.1, 0.15) is 30.2 Å². The minimum absolute atomic E-state index is 0.158. The van der Waals surface area contributed by atoms with Crippen LogP contribution in [-0.2, 0) is 33.6 Å². The van der Waals surface area contributed by atoms with E-state index >= 15 is 0 Å². The number of amides is 6. The zero-order chi connectivity index (χ0) is 32.1. The molecule has 0 saturated heterocycles. The first-order chi connectivity index (χ1) is 19.5. The highest BCUT2D eigenvalue weighted by Gasteiger charge is 2.26. The van der Waals surface area contributed by atoms with Gasteiger partial charge in [-0.1, -0.05) is 0 Å². The Morgan fingerprint density at radius 2 is 1.00 bits per heavy atom. The number of non-ortho nitro benzene ring substituents is 1. The van der Waals surface area contributed by atoms with E-state index in [0.717, 1.165) is 0 Å². The fraction of sp³-hybridized carbons (Fsp3) is 0.480. The predicted molar refractivity (Wildman–Crippen MR) is 147 cm³/mol. The molecule has 0 aliphatic carbocycles. The number of anilines is 1. The summed E-state index contributed by atoms with van der Waals surface area (Å²) in [6.45, 7) is 6.79. The fourth-order valence-corrected chi connectivity index (χ4v) is 3.13. The number of carbonyl (C=O) groups is 7. The van der Waals surface area contributed by atoms with Crippen LogP contribution in [0.1, 0.15) is 47.5 Å². The highest BCUT2D eigenvalue weighted by molar-refractivity contribution is 5.99. The van der Waals surface area contributed by atoms with E-state index in [1.807, 2.05) is 0 Å². The summed E-state index contributed by atoms with van der Waals surface area (Å²) in [4.78, 5) is 94.4. The molecule has 42 heavy (non-hydrogen) atoms.